The lowest BCUT2D eigenvalue weighted by Crippen LogP contribution is -2.26. The Bertz CT molecular complexity index is 434. The summed E-state index contributed by atoms with van der Waals surface area (Å²) < 4.78 is 29.4. The zero-order valence-electron chi connectivity index (χ0n) is 9.78. The molecule has 0 saturated carbocycles. The van der Waals surface area contributed by atoms with E-state index in [0.29, 0.717) is 6.61 Å². The Morgan fingerprint density at radius 2 is 1.75 bits per heavy atom. The van der Waals surface area contributed by atoms with Gasteiger partial charge in [-0.1, -0.05) is 6.07 Å². The molecular weight excluding hydrogens is 226 g/mol. The molecule has 0 bridgehead atoms. The third-order valence-electron chi connectivity index (χ3n) is 1.93. The second kappa shape index (κ2) is 5.32. The van der Waals surface area contributed by atoms with Gasteiger partial charge < -0.3 is 4.74 Å². The predicted octanol–water partition coefficient (Wildman–Crippen LogP) is 1.23. The van der Waals surface area contributed by atoms with Crippen molar-refractivity contribution >= 4 is 10.0 Å². The van der Waals surface area contributed by atoms with Crippen molar-refractivity contribution in [2.75, 3.05) is 19.4 Å². The predicted molar refractivity (Wildman–Crippen MR) is 64.3 cm³/mol. The number of aryl methyl sites for hydroxylation is 2. The van der Waals surface area contributed by atoms with Crippen LogP contribution in [0, 0.1) is 13.8 Å². The first-order valence-electron chi connectivity index (χ1n) is 5.02. The molecule has 0 aliphatic carbocycles. The van der Waals surface area contributed by atoms with Gasteiger partial charge in [-0.25, -0.2) is 13.1 Å². The molecule has 0 radical (unpaired) electrons. The Balaban J connectivity index is 2.43. The highest BCUT2D eigenvalue weighted by Crippen LogP contribution is 2.15. The van der Waals surface area contributed by atoms with Crippen LogP contribution in [0.3, 0.4) is 0 Å². The molecule has 0 aliphatic heterocycles. The van der Waals surface area contributed by atoms with E-state index in [-0.39, 0.29) is 6.54 Å². The number of nitrogens with one attached hydrogen (secondary N) is 1. The number of sulfonamides is 1. The third-order valence-corrected chi connectivity index (χ3v) is 2.66. The fraction of sp³-hybridized carbons (Fsp3) is 0.455. The van der Waals surface area contributed by atoms with Crippen molar-refractivity contribution in [3.05, 3.63) is 29.3 Å². The SMILES string of the molecule is Cc1cc(C)cc(OCCNS(C)(=O)=O)c1. The molecule has 4 nitrogen and oxygen atoms in total. The van der Waals surface area contributed by atoms with Crippen LogP contribution in [-0.4, -0.2) is 27.8 Å². The molecule has 0 amide bonds. The summed E-state index contributed by atoms with van der Waals surface area (Å²) in [7, 11) is -3.12. The van der Waals surface area contributed by atoms with Crippen molar-refractivity contribution in [2.24, 2.45) is 0 Å². The highest BCUT2D eigenvalue weighted by molar-refractivity contribution is 7.88. The van der Waals surface area contributed by atoms with Crippen LogP contribution in [0.15, 0.2) is 18.2 Å². The summed E-state index contributed by atoms with van der Waals surface area (Å²) in [5, 5.41) is 0. The van der Waals surface area contributed by atoms with Crippen molar-refractivity contribution in [1.29, 1.82) is 0 Å². The van der Waals surface area contributed by atoms with Crippen molar-refractivity contribution in [3.8, 4) is 5.75 Å². The first-order valence-corrected chi connectivity index (χ1v) is 6.92. The van der Waals surface area contributed by atoms with Gasteiger partial charge in [0.2, 0.25) is 10.0 Å². The Morgan fingerprint density at radius 3 is 2.25 bits per heavy atom. The lowest BCUT2D eigenvalue weighted by atomic mass is 10.1. The number of rotatable bonds is 5. The minimum atomic E-state index is -3.12. The van der Waals surface area contributed by atoms with E-state index in [4.69, 9.17) is 4.74 Å². The van der Waals surface area contributed by atoms with Gasteiger partial charge in [0.1, 0.15) is 12.4 Å². The summed E-state index contributed by atoms with van der Waals surface area (Å²) in [6.07, 6.45) is 1.13. The van der Waals surface area contributed by atoms with Gasteiger partial charge in [-0.3, -0.25) is 0 Å². The van der Waals surface area contributed by atoms with Gasteiger partial charge >= 0.3 is 0 Å². The molecule has 0 atom stereocenters. The van der Waals surface area contributed by atoms with Crippen molar-refractivity contribution in [1.82, 2.24) is 4.72 Å². The van der Waals surface area contributed by atoms with Gasteiger partial charge in [0.15, 0.2) is 0 Å². The molecule has 1 rings (SSSR count). The fourth-order valence-electron chi connectivity index (χ4n) is 1.41. The van der Waals surface area contributed by atoms with Crippen LogP contribution in [0.1, 0.15) is 11.1 Å². The maximum atomic E-state index is 10.8. The maximum Gasteiger partial charge on any atom is 0.208 e. The molecule has 5 heteroatoms. The topological polar surface area (TPSA) is 55.4 Å². The molecule has 1 aromatic rings. The summed E-state index contributed by atoms with van der Waals surface area (Å²) >= 11 is 0. The quantitative estimate of drug-likeness (QED) is 0.791. The molecule has 0 heterocycles. The standard InChI is InChI=1S/C11H17NO3S/c1-9-6-10(2)8-11(7-9)15-5-4-12-16(3,13)14/h6-8,12H,4-5H2,1-3H3. The van der Waals surface area contributed by atoms with Gasteiger partial charge in [-0.15, -0.1) is 0 Å². The van der Waals surface area contributed by atoms with E-state index >= 15 is 0 Å². The van der Waals surface area contributed by atoms with E-state index in [1.807, 2.05) is 26.0 Å². The van der Waals surface area contributed by atoms with Crippen molar-refractivity contribution in [3.63, 3.8) is 0 Å². The van der Waals surface area contributed by atoms with Crippen LogP contribution in [0.25, 0.3) is 0 Å². The monoisotopic (exact) mass is 243 g/mol. The molecule has 1 aromatic carbocycles. The first-order chi connectivity index (χ1) is 7.37. The van der Waals surface area contributed by atoms with Crippen LogP contribution in [0.5, 0.6) is 5.75 Å². The zero-order chi connectivity index (χ0) is 12.2. The zero-order valence-corrected chi connectivity index (χ0v) is 10.6. The van der Waals surface area contributed by atoms with E-state index in [1.54, 1.807) is 0 Å². The average Bonchev–Trinajstić information content (AvgIpc) is 2.09. The van der Waals surface area contributed by atoms with Gasteiger partial charge in [0, 0.05) is 6.54 Å². The molecule has 16 heavy (non-hydrogen) atoms. The summed E-state index contributed by atoms with van der Waals surface area (Å²) in [6.45, 7) is 4.60. The third kappa shape index (κ3) is 5.14. The number of benzene rings is 1. The van der Waals surface area contributed by atoms with Gasteiger partial charge in [0.25, 0.3) is 0 Å². The summed E-state index contributed by atoms with van der Waals surface area (Å²) in [4.78, 5) is 0. The lowest BCUT2D eigenvalue weighted by molar-refractivity contribution is 0.322. The molecule has 90 valence electrons. The Morgan fingerprint density at radius 1 is 1.19 bits per heavy atom. The highest BCUT2D eigenvalue weighted by Gasteiger charge is 2.00. The van der Waals surface area contributed by atoms with E-state index in [1.165, 1.54) is 0 Å². The first kappa shape index (κ1) is 13.0. The van der Waals surface area contributed by atoms with E-state index < -0.39 is 10.0 Å². The van der Waals surface area contributed by atoms with Crippen LogP contribution in [0.2, 0.25) is 0 Å². The number of ether oxygens (including phenoxy) is 1. The molecule has 0 fully saturated rings. The lowest BCUT2D eigenvalue weighted by Gasteiger charge is -2.08. The minimum Gasteiger partial charge on any atom is -0.492 e. The van der Waals surface area contributed by atoms with Crippen LogP contribution in [0.4, 0.5) is 0 Å². The molecule has 0 saturated heterocycles. The largest absolute Gasteiger partial charge is 0.492 e. The smallest absolute Gasteiger partial charge is 0.208 e. The summed E-state index contributed by atoms with van der Waals surface area (Å²) in [5.41, 5.74) is 2.26. The van der Waals surface area contributed by atoms with E-state index in [9.17, 15) is 8.42 Å². The van der Waals surface area contributed by atoms with Crippen LogP contribution >= 0.6 is 0 Å². The molecule has 0 unspecified atom stereocenters. The minimum absolute atomic E-state index is 0.284. The average molecular weight is 243 g/mol. The molecule has 0 aliphatic rings. The highest BCUT2D eigenvalue weighted by atomic mass is 32.2. The van der Waals surface area contributed by atoms with Crippen molar-refractivity contribution in [2.45, 2.75) is 13.8 Å². The number of hydrogen-bond acceptors (Lipinski definition) is 3. The second-order valence-corrected chi connectivity index (χ2v) is 5.67. The number of hydrogen-bond donors (Lipinski definition) is 1. The Kier molecular flexibility index (Phi) is 4.32. The summed E-state index contributed by atoms with van der Waals surface area (Å²) in [5.74, 6) is 0.771. The fourth-order valence-corrected chi connectivity index (χ4v) is 1.87. The van der Waals surface area contributed by atoms with Crippen molar-refractivity contribution < 1.29 is 13.2 Å². The van der Waals surface area contributed by atoms with Crippen LogP contribution < -0.4 is 9.46 Å². The molecule has 0 spiro atoms. The van der Waals surface area contributed by atoms with E-state index in [2.05, 4.69) is 10.8 Å². The van der Waals surface area contributed by atoms with Gasteiger partial charge in [-0.05, 0) is 37.1 Å². The van der Waals surface area contributed by atoms with E-state index in [0.717, 1.165) is 23.1 Å². The molecular formula is C11H17NO3S. The van der Waals surface area contributed by atoms with Gasteiger partial charge in [0.05, 0.1) is 6.26 Å². The maximum absolute atomic E-state index is 10.8. The van der Waals surface area contributed by atoms with Crippen LogP contribution in [-0.2, 0) is 10.0 Å². The molecule has 0 aromatic heterocycles. The molecule has 1 N–H and O–H groups in total. The normalized spacial score (nSPS) is 11.4. The Labute approximate surface area is 96.7 Å². The Hall–Kier alpha value is -1.07. The van der Waals surface area contributed by atoms with Gasteiger partial charge in [-0.2, -0.15) is 0 Å². The summed E-state index contributed by atoms with van der Waals surface area (Å²) in [6, 6.07) is 5.91. The second-order valence-electron chi connectivity index (χ2n) is 3.84.